The molecule has 0 amide bonds. The molecule has 6 nitrogen and oxygen atoms in total. The highest BCUT2D eigenvalue weighted by molar-refractivity contribution is 6.30. The Morgan fingerprint density at radius 1 is 1.30 bits per heavy atom. The van der Waals surface area contributed by atoms with Crippen LogP contribution in [0, 0.1) is 5.92 Å². The van der Waals surface area contributed by atoms with Crippen LogP contribution in [0.2, 0.25) is 5.02 Å². The molecule has 1 unspecified atom stereocenters. The predicted molar refractivity (Wildman–Crippen MR) is 84.8 cm³/mol. The Bertz CT molecular complexity index is 683. The summed E-state index contributed by atoms with van der Waals surface area (Å²) in [6, 6.07) is 6.68. The number of benzene rings is 1. The zero-order valence-electron chi connectivity index (χ0n) is 13.2. The molecule has 122 valence electrons. The van der Waals surface area contributed by atoms with E-state index in [4.69, 9.17) is 16.3 Å². The first kappa shape index (κ1) is 17.1. The van der Waals surface area contributed by atoms with Gasteiger partial charge in [0.1, 0.15) is 12.7 Å². The first-order valence-corrected chi connectivity index (χ1v) is 7.55. The third-order valence-electron chi connectivity index (χ3n) is 3.40. The lowest BCUT2D eigenvalue weighted by Gasteiger charge is -2.33. The zero-order valence-corrected chi connectivity index (χ0v) is 13.9. The van der Waals surface area contributed by atoms with Crippen molar-refractivity contribution in [2.75, 3.05) is 0 Å². The molecule has 0 aliphatic rings. The van der Waals surface area contributed by atoms with E-state index in [1.165, 1.54) is 24.3 Å². The van der Waals surface area contributed by atoms with Gasteiger partial charge < -0.3 is 4.74 Å². The number of aromatic nitrogens is 3. The van der Waals surface area contributed by atoms with Gasteiger partial charge in [0.05, 0.1) is 6.54 Å². The molecule has 0 saturated heterocycles. The highest BCUT2D eigenvalue weighted by Gasteiger charge is 2.45. The molecule has 0 aliphatic carbocycles. The Balaban J connectivity index is 2.59. The summed E-state index contributed by atoms with van der Waals surface area (Å²) in [5.41, 5.74) is -0.926. The Kier molecular flexibility index (Phi) is 5.15. The molecule has 0 aliphatic heterocycles. The third kappa shape index (κ3) is 3.76. The number of hydrogen-bond acceptors (Lipinski definition) is 5. The smallest absolute Gasteiger partial charge is 0.304 e. The van der Waals surface area contributed by atoms with Gasteiger partial charge in [-0.1, -0.05) is 37.6 Å². The van der Waals surface area contributed by atoms with Crippen molar-refractivity contribution in [3.63, 3.8) is 0 Å². The molecule has 1 aromatic heterocycles. The zero-order chi connectivity index (χ0) is 17.0. The number of ether oxygens (including phenoxy) is 1. The maximum Gasteiger partial charge on any atom is 0.304 e. The lowest BCUT2D eigenvalue weighted by atomic mass is 9.83. The predicted octanol–water partition coefficient (Wildman–Crippen LogP) is 2.62. The van der Waals surface area contributed by atoms with Gasteiger partial charge in [0.2, 0.25) is 5.60 Å². The third-order valence-corrected chi connectivity index (χ3v) is 3.65. The summed E-state index contributed by atoms with van der Waals surface area (Å²) in [4.78, 5) is 28.5. The van der Waals surface area contributed by atoms with E-state index in [-0.39, 0.29) is 18.2 Å². The fourth-order valence-corrected chi connectivity index (χ4v) is 2.55. The Morgan fingerprint density at radius 3 is 2.43 bits per heavy atom. The van der Waals surface area contributed by atoms with E-state index < -0.39 is 11.6 Å². The number of halogens is 1. The molecule has 0 radical (unpaired) electrons. The monoisotopic (exact) mass is 335 g/mol. The number of ketones is 1. The molecular formula is C16H18ClN3O3. The molecule has 0 saturated carbocycles. The number of carbonyl (C=O) groups excluding carboxylic acids is 2. The molecule has 1 atom stereocenters. The quantitative estimate of drug-likeness (QED) is 0.759. The second-order valence-electron chi connectivity index (χ2n) is 5.54. The van der Waals surface area contributed by atoms with E-state index in [0.29, 0.717) is 10.6 Å². The van der Waals surface area contributed by atoms with Crippen LogP contribution >= 0.6 is 11.6 Å². The van der Waals surface area contributed by atoms with Gasteiger partial charge in [0, 0.05) is 23.4 Å². The van der Waals surface area contributed by atoms with Gasteiger partial charge in [-0.2, -0.15) is 5.10 Å². The van der Waals surface area contributed by atoms with Gasteiger partial charge in [-0.3, -0.25) is 9.59 Å². The second kappa shape index (κ2) is 6.91. The second-order valence-corrected chi connectivity index (χ2v) is 5.98. The number of Topliss-reactive ketones (excluding diaryl/α,β-unsaturated/α-hetero) is 1. The first-order valence-electron chi connectivity index (χ1n) is 7.17. The van der Waals surface area contributed by atoms with Crippen molar-refractivity contribution in [1.29, 1.82) is 0 Å². The fraction of sp³-hybridized carbons (Fsp3) is 0.375. The van der Waals surface area contributed by atoms with Crippen LogP contribution < -0.4 is 0 Å². The molecule has 23 heavy (non-hydrogen) atoms. The van der Waals surface area contributed by atoms with Crippen molar-refractivity contribution >= 4 is 23.4 Å². The van der Waals surface area contributed by atoms with E-state index in [9.17, 15) is 9.59 Å². The molecule has 1 heterocycles. The first-order chi connectivity index (χ1) is 10.8. The summed E-state index contributed by atoms with van der Waals surface area (Å²) < 4.78 is 7.01. The minimum Gasteiger partial charge on any atom is -0.444 e. The number of rotatable bonds is 6. The summed E-state index contributed by atoms with van der Waals surface area (Å²) in [5.74, 6) is -1.10. The van der Waals surface area contributed by atoms with E-state index in [2.05, 4.69) is 10.1 Å². The van der Waals surface area contributed by atoms with Gasteiger partial charge in [-0.15, -0.1) is 0 Å². The standard InChI is InChI=1S/C16H18ClN3O3/c1-11(2)15(22)16(23-12(3)21,8-20-10-18-9-19-20)13-4-6-14(17)7-5-13/h4-7,9-11H,8H2,1-3H3. The molecule has 0 fully saturated rings. The molecule has 1 aromatic carbocycles. The highest BCUT2D eigenvalue weighted by Crippen LogP contribution is 2.33. The number of esters is 1. The summed E-state index contributed by atoms with van der Waals surface area (Å²) in [6.45, 7) is 4.85. The fourth-order valence-electron chi connectivity index (χ4n) is 2.43. The van der Waals surface area contributed by atoms with E-state index >= 15 is 0 Å². The molecule has 2 rings (SSSR count). The van der Waals surface area contributed by atoms with Gasteiger partial charge in [-0.05, 0) is 12.1 Å². The normalized spacial score (nSPS) is 13.6. The van der Waals surface area contributed by atoms with Crippen molar-refractivity contribution in [1.82, 2.24) is 14.8 Å². The van der Waals surface area contributed by atoms with Crippen LogP contribution in [0.4, 0.5) is 0 Å². The van der Waals surface area contributed by atoms with Crippen LogP contribution in [0.5, 0.6) is 0 Å². The summed E-state index contributed by atoms with van der Waals surface area (Å²) in [7, 11) is 0. The molecule has 0 spiro atoms. The summed E-state index contributed by atoms with van der Waals surface area (Å²) in [6.07, 6.45) is 2.84. The average Bonchev–Trinajstić information content (AvgIpc) is 2.98. The van der Waals surface area contributed by atoms with Gasteiger partial charge >= 0.3 is 5.97 Å². The van der Waals surface area contributed by atoms with Crippen molar-refractivity contribution in [2.45, 2.75) is 32.9 Å². The highest BCUT2D eigenvalue weighted by atomic mass is 35.5. The maximum absolute atomic E-state index is 12.9. The van der Waals surface area contributed by atoms with Crippen LogP contribution in [0.1, 0.15) is 26.3 Å². The van der Waals surface area contributed by atoms with Crippen LogP contribution in [0.3, 0.4) is 0 Å². The Hall–Kier alpha value is -2.21. The van der Waals surface area contributed by atoms with E-state index in [1.807, 2.05) is 0 Å². The molecule has 2 aromatic rings. The lowest BCUT2D eigenvalue weighted by molar-refractivity contribution is -0.171. The Morgan fingerprint density at radius 2 is 1.96 bits per heavy atom. The van der Waals surface area contributed by atoms with E-state index in [0.717, 1.165) is 0 Å². The number of nitrogens with zero attached hydrogens (tertiary/aromatic N) is 3. The van der Waals surface area contributed by atoms with Crippen molar-refractivity contribution in [3.8, 4) is 0 Å². The lowest BCUT2D eigenvalue weighted by Crippen LogP contribution is -2.46. The minimum absolute atomic E-state index is 0.0469. The molecule has 7 heteroatoms. The molecule has 0 bridgehead atoms. The van der Waals surface area contributed by atoms with Crippen LogP contribution in [-0.4, -0.2) is 26.5 Å². The van der Waals surface area contributed by atoms with E-state index in [1.54, 1.807) is 38.1 Å². The van der Waals surface area contributed by atoms with Crippen LogP contribution in [0.15, 0.2) is 36.9 Å². The molecular weight excluding hydrogens is 318 g/mol. The van der Waals surface area contributed by atoms with Gasteiger partial charge in [0.15, 0.2) is 5.78 Å². The number of carbonyl (C=O) groups is 2. The average molecular weight is 336 g/mol. The van der Waals surface area contributed by atoms with Crippen molar-refractivity contribution in [3.05, 3.63) is 47.5 Å². The minimum atomic E-state index is -1.47. The van der Waals surface area contributed by atoms with Gasteiger partial charge in [-0.25, -0.2) is 9.67 Å². The van der Waals surface area contributed by atoms with Crippen LogP contribution in [0.25, 0.3) is 0 Å². The van der Waals surface area contributed by atoms with Crippen molar-refractivity contribution < 1.29 is 14.3 Å². The largest absolute Gasteiger partial charge is 0.444 e. The Labute approximate surface area is 139 Å². The topological polar surface area (TPSA) is 74.1 Å². The van der Waals surface area contributed by atoms with Gasteiger partial charge in [0.25, 0.3) is 0 Å². The maximum atomic E-state index is 12.9. The van der Waals surface area contributed by atoms with Crippen molar-refractivity contribution in [2.24, 2.45) is 5.92 Å². The summed E-state index contributed by atoms with van der Waals surface area (Å²) in [5, 5.41) is 4.56. The summed E-state index contributed by atoms with van der Waals surface area (Å²) >= 11 is 5.93. The SMILES string of the molecule is CC(=O)OC(Cn1cncn1)(C(=O)C(C)C)c1ccc(Cl)cc1. The molecule has 0 N–H and O–H groups in total. The number of hydrogen-bond donors (Lipinski definition) is 0. The van der Waals surface area contributed by atoms with Crippen LogP contribution in [-0.2, 0) is 26.5 Å².